The number of hydrogen-bond acceptors (Lipinski definition) is 6. The van der Waals surface area contributed by atoms with Crippen molar-refractivity contribution >= 4 is 23.8 Å². The molecule has 8 nitrogen and oxygen atoms in total. The highest BCUT2D eigenvalue weighted by Crippen LogP contribution is 2.44. The lowest BCUT2D eigenvalue weighted by Crippen LogP contribution is -2.26. The SMILES string of the molecule is COC(=O)c1cc([N+](=O)[O-])ccc1C=CCCNC(=O)OCC1c2ccccc2-c2ccccc21. The maximum atomic E-state index is 12.3. The zero-order chi connectivity index (χ0) is 24.8. The Morgan fingerprint density at radius 3 is 2.31 bits per heavy atom. The summed E-state index contributed by atoms with van der Waals surface area (Å²) in [5.41, 5.74) is 5.02. The molecule has 1 N–H and O–H groups in total. The van der Waals surface area contributed by atoms with E-state index in [1.807, 2.05) is 24.3 Å². The smallest absolute Gasteiger partial charge is 0.407 e. The summed E-state index contributed by atoms with van der Waals surface area (Å²) in [4.78, 5) is 34.6. The third kappa shape index (κ3) is 5.22. The Kier molecular flexibility index (Phi) is 7.21. The van der Waals surface area contributed by atoms with Gasteiger partial charge in [-0.1, -0.05) is 60.7 Å². The van der Waals surface area contributed by atoms with Crippen LogP contribution in [0, 0.1) is 10.1 Å². The van der Waals surface area contributed by atoms with Gasteiger partial charge in [0.15, 0.2) is 0 Å². The molecule has 0 saturated carbocycles. The molecular formula is C27H24N2O6. The average Bonchev–Trinajstić information content (AvgIpc) is 3.20. The first-order chi connectivity index (χ1) is 17.0. The third-order valence-electron chi connectivity index (χ3n) is 5.87. The molecule has 0 aromatic heterocycles. The van der Waals surface area contributed by atoms with Gasteiger partial charge in [-0.3, -0.25) is 10.1 Å². The van der Waals surface area contributed by atoms with Crippen LogP contribution in [-0.2, 0) is 9.47 Å². The van der Waals surface area contributed by atoms with Gasteiger partial charge in [0.1, 0.15) is 6.61 Å². The Labute approximate surface area is 202 Å². The molecule has 8 heteroatoms. The average molecular weight is 472 g/mol. The minimum atomic E-state index is -0.662. The second-order valence-electron chi connectivity index (χ2n) is 7.96. The zero-order valence-electron chi connectivity index (χ0n) is 19.1. The van der Waals surface area contributed by atoms with Gasteiger partial charge in [0.2, 0.25) is 0 Å². The normalized spacial score (nSPS) is 12.1. The molecule has 0 saturated heterocycles. The molecule has 0 radical (unpaired) electrons. The first-order valence-corrected chi connectivity index (χ1v) is 11.1. The van der Waals surface area contributed by atoms with Crippen molar-refractivity contribution in [2.75, 3.05) is 20.3 Å². The molecule has 178 valence electrons. The molecule has 1 amide bonds. The standard InChI is InChI=1S/C27H24N2O6/c1-34-26(30)24-16-19(29(32)33)14-13-18(24)8-6-7-15-28-27(31)35-17-25-22-11-4-2-9-20(22)21-10-3-5-12-23(21)25/h2-6,8-14,16,25H,7,15,17H2,1H3,(H,28,31). The minimum absolute atomic E-state index is 0.00748. The van der Waals surface area contributed by atoms with Gasteiger partial charge in [-0.2, -0.15) is 0 Å². The third-order valence-corrected chi connectivity index (χ3v) is 5.87. The topological polar surface area (TPSA) is 108 Å². The highest BCUT2D eigenvalue weighted by Gasteiger charge is 2.28. The van der Waals surface area contributed by atoms with Crippen molar-refractivity contribution in [3.8, 4) is 11.1 Å². The molecule has 4 rings (SSSR count). The fourth-order valence-electron chi connectivity index (χ4n) is 4.21. The maximum Gasteiger partial charge on any atom is 0.407 e. The number of methoxy groups -OCH3 is 1. The molecule has 0 heterocycles. The summed E-state index contributed by atoms with van der Waals surface area (Å²) >= 11 is 0. The van der Waals surface area contributed by atoms with Gasteiger partial charge in [0.25, 0.3) is 5.69 Å². The zero-order valence-corrected chi connectivity index (χ0v) is 19.1. The largest absolute Gasteiger partial charge is 0.465 e. The monoisotopic (exact) mass is 472 g/mol. The van der Waals surface area contributed by atoms with Crippen molar-refractivity contribution in [1.82, 2.24) is 5.32 Å². The Morgan fingerprint density at radius 2 is 1.69 bits per heavy atom. The van der Waals surface area contributed by atoms with Crippen molar-refractivity contribution in [2.45, 2.75) is 12.3 Å². The number of fused-ring (bicyclic) bond motifs is 3. The lowest BCUT2D eigenvalue weighted by Gasteiger charge is -2.14. The van der Waals surface area contributed by atoms with Crippen LogP contribution < -0.4 is 5.32 Å². The highest BCUT2D eigenvalue weighted by atomic mass is 16.6. The fraction of sp³-hybridized carbons (Fsp3) is 0.185. The second kappa shape index (κ2) is 10.6. The number of hydrogen-bond donors (Lipinski definition) is 1. The van der Waals surface area contributed by atoms with Crippen LogP contribution in [0.3, 0.4) is 0 Å². The number of esters is 1. The van der Waals surface area contributed by atoms with E-state index in [2.05, 4.69) is 29.6 Å². The number of benzene rings is 3. The molecule has 1 aliphatic carbocycles. The van der Waals surface area contributed by atoms with Crippen LogP contribution in [0.15, 0.2) is 72.8 Å². The van der Waals surface area contributed by atoms with E-state index in [9.17, 15) is 19.7 Å². The summed E-state index contributed by atoms with van der Waals surface area (Å²) < 4.78 is 10.2. The highest BCUT2D eigenvalue weighted by molar-refractivity contribution is 5.94. The molecule has 0 spiro atoms. The van der Waals surface area contributed by atoms with Crippen LogP contribution in [0.5, 0.6) is 0 Å². The number of carbonyl (C=O) groups excluding carboxylic acids is 2. The summed E-state index contributed by atoms with van der Waals surface area (Å²) in [6.07, 6.45) is 3.39. The van der Waals surface area contributed by atoms with Crippen LogP contribution >= 0.6 is 0 Å². The molecular weight excluding hydrogens is 448 g/mol. The molecule has 0 fully saturated rings. The number of alkyl carbamates (subject to hydrolysis) is 1. The molecule has 0 bridgehead atoms. The van der Waals surface area contributed by atoms with Crippen LogP contribution in [-0.4, -0.2) is 37.2 Å². The van der Waals surface area contributed by atoms with E-state index in [4.69, 9.17) is 9.47 Å². The molecule has 0 atom stereocenters. The van der Waals surface area contributed by atoms with E-state index in [1.165, 1.54) is 36.4 Å². The lowest BCUT2D eigenvalue weighted by molar-refractivity contribution is -0.384. The number of nitrogens with one attached hydrogen (secondary N) is 1. The second-order valence-corrected chi connectivity index (χ2v) is 7.96. The maximum absolute atomic E-state index is 12.3. The van der Waals surface area contributed by atoms with Crippen molar-refractivity contribution in [2.24, 2.45) is 0 Å². The van der Waals surface area contributed by atoms with Gasteiger partial charge in [-0.05, 0) is 40.3 Å². The number of rotatable bonds is 8. The molecule has 0 unspecified atom stereocenters. The summed E-state index contributed by atoms with van der Waals surface area (Å²) in [7, 11) is 1.22. The van der Waals surface area contributed by atoms with E-state index in [-0.39, 0.29) is 23.8 Å². The van der Waals surface area contributed by atoms with E-state index in [0.29, 0.717) is 18.5 Å². The van der Waals surface area contributed by atoms with Gasteiger partial charge in [-0.15, -0.1) is 0 Å². The number of nitro groups is 1. The predicted octanol–water partition coefficient (Wildman–Crippen LogP) is 5.32. The van der Waals surface area contributed by atoms with Crippen LogP contribution in [0.2, 0.25) is 0 Å². The van der Waals surface area contributed by atoms with E-state index in [1.54, 1.807) is 12.2 Å². The van der Waals surface area contributed by atoms with E-state index in [0.717, 1.165) is 11.1 Å². The Balaban J connectivity index is 1.30. The van der Waals surface area contributed by atoms with Crippen LogP contribution in [0.4, 0.5) is 10.5 Å². The van der Waals surface area contributed by atoms with Crippen molar-refractivity contribution in [3.05, 3.63) is 105 Å². The quantitative estimate of drug-likeness (QED) is 0.206. The summed E-state index contributed by atoms with van der Waals surface area (Å²) in [5.74, 6) is -0.669. The van der Waals surface area contributed by atoms with Gasteiger partial charge < -0.3 is 14.8 Å². The Morgan fingerprint density at radius 1 is 1.03 bits per heavy atom. The van der Waals surface area contributed by atoms with Crippen molar-refractivity contribution < 1.29 is 24.0 Å². The van der Waals surface area contributed by atoms with E-state index < -0.39 is 17.0 Å². The van der Waals surface area contributed by atoms with Crippen molar-refractivity contribution in [1.29, 1.82) is 0 Å². The van der Waals surface area contributed by atoms with Gasteiger partial charge in [0, 0.05) is 24.6 Å². The number of carbonyl (C=O) groups is 2. The van der Waals surface area contributed by atoms with Gasteiger partial charge in [0.05, 0.1) is 17.6 Å². The van der Waals surface area contributed by atoms with E-state index >= 15 is 0 Å². The molecule has 0 aliphatic heterocycles. The number of nitrogens with zero attached hydrogens (tertiary/aromatic N) is 1. The summed E-state index contributed by atoms with van der Waals surface area (Å²) in [5, 5.41) is 13.7. The molecule has 3 aromatic carbocycles. The van der Waals surface area contributed by atoms with Gasteiger partial charge >= 0.3 is 12.1 Å². The Bertz CT molecular complexity index is 1250. The fourth-order valence-corrected chi connectivity index (χ4v) is 4.21. The first-order valence-electron chi connectivity index (χ1n) is 11.1. The van der Waals surface area contributed by atoms with Gasteiger partial charge in [-0.25, -0.2) is 9.59 Å². The number of amides is 1. The molecule has 3 aromatic rings. The minimum Gasteiger partial charge on any atom is -0.465 e. The molecule has 35 heavy (non-hydrogen) atoms. The van der Waals surface area contributed by atoms with Crippen molar-refractivity contribution in [3.63, 3.8) is 0 Å². The number of ether oxygens (including phenoxy) is 2. The number of nitro benzene ring substituents is 1. The predicted molar refractivity (Wildman–Crippen MR) is 131 cm³/mol. The first kappa shape index (κ1) is 23.7. The molecule has 1 aliphatic rings. The number of non-ortho nitro benzene ring substituents is 1. The lowest BCUT2D eigenvalue weighted by atomic mass is 9.98. The summed E-state index contributed by atoms with van der Waals surface area (Å²) in [6.45, 7) is 0.564. The summed E-state index contributed by atoms with van der Waals surface area (Å²) in [6, 6.07) is 20.3. The Hall–Kier alpha value is -4.46. The van der Waals surface area contributed by atoms with Crippen LogP contribution in [0.1, 0.15) is 39.4 Å². The van der Waals surface area contributed by atoms with Crippen LogP contribution in [0.25, 0.3) is 17.2 Å².